The molecule has 0 unspecified atom stereocenters. The molecule has 29 heavy (non-hydrogen) atoms. The second-order valence-electron chi connectivity index (χ2n) is 5.66. The molecule has 3 aromatic rings. The summed E-state index contributed by atoms with van der Waals surface area (Å²) in [6, 6.07) is 10.2. The molecular formula is C17H13ClF3N5O2S. The number of alkyl halides is 3. The molecule has 152 valence electrons. The number of halogens is 4. The van der Waals surface area contributed by atoms with Gasteiger partial charge in [0.2, 0.25) is 11.1 Å². The van der Waals surface area contributed by atoms with Crippen molar-refractivity contribution in [2.24, 2.45) is 0 Å². The molecule has 0 bridgehead atoms. The van der Waals surface area contributed by atoms with Crippen LogP contribution in [0.1, 0.15) is 5.56 Å². The number of thioether (sulfide) groups is 1. The number of hydrogen-bond acceptors (Lipinski definition) is 6. The Balaban J connectivity index is 1.64. The molecule has 0 atom stereocenters. The Morgan fingerprint density at radius 3 is 2.66 bits per heavy atom. The van der Waals surface area contributed by atoms with Crippen molar-refractivity contribution < 1.29 is 22.7 Å². The SMILES string of the molecule is Cc1c(Cl)cccc1NC(=O)CSc1nnnn1-c1ccc(OC(F)(F)F)cc1. The summed E-state index contributed by atoms with van der Waals surface area (Å²) in [5.74, 6) is -0.634. The molecule has 0 spiro atoms. The van der Waals surface area contributed by atoms with Gasteiger partial charge in [0.1, 0.15) is 5.75 Å². The van der Waals surface area contributed by atoms with Crippen LogP contribution in [-0.2, 0) is 4.79 Å². The van der Waals surface area contributed by atoms with E-state index in [0.717, 1.165) is 29.5 Å². The smallest absolute Gasteiger partial charge is 0.406 e. The van der Waals surface area contributed by atoms with Gasteiger partial charge >= 0.3 is 6.36 Å². The Bertz CT molecular complexity index is 1010. The normalized spacial score (nSPS) is 11.3. The zero-order valence-electron chi connectivity index (χ0n) is 14.8. The number of amides is 1. The van der Waals surface area contributed by atoms with Crippen LogP contribution in [0.5, 0.6) is 5.75 Å². The monoisotopic (exact) mass is 443 g/mol. The van der Waals surface area contributed by atoms with Gasteiger partial charge in [-0.05, 0) is 59.3 Å². The molecule has 1 amide bonds. The Morgan fingerprint density at radius 1 is 1.24 bits per heavy atom. The summed E-state index contributed by atoms with van der Waals surface area (Å²) in [6.45, 7) is 1.79. The van der Waals surface area contributed by atoms with E-state index < -0.39 is 6.36 Å². The molecule has 12 heteroatoms. The van der Waals surface area contributed by atoms with Crippen LogP contribution in [0.2, 0.25) is 5.02 Å². The summed E-state index contributed by atoms with van der Waals surface area (Å²) >= 11 is 7.10. The number of carbonyl (C=O) groups excluding carboxylic acids is 1. The van der Waals surface area contributed by atoms with Crippen LogP contribution in [-0.4, -0.2) is 38.2 Å². The average molecular weight is 444 g/mol. The van der Waals surface area contributed by atoms with Gasteiger partial charge < -0.3 is 10.1 Å². The van der Waals surface area contributed by atoms with Crippen LogP contribution >= 0.6 is 23.4 Å². The lowest BCUT2D eigenvalue weighted by Crippen LogP contribution is -2.17. The van der Waals surface area contributed by atoms with Gasteiger partial charge in [-0.25, -0.2) is 0 Å². The number of hydrogen-bond donors (Lipinski definition) is 1. The number of anilines is 1. The molecule has 0 saturated carbocycles. The second-order valence-corrected chi connectivity index (χ2v) is 7.01. The fourth-order valence-electron chi connectivity index (χ4n) is 2.28. The van der Waals surface area contributed by atoms with E-state index in [1.54, 1.807) is 25.1 Å². The number of benzene rings is 2. The molecule has 1 aromatic heterocycles. The number of rotatable bonds is 6. The van der Waals surface area contributed by atoms with E-state index in [1.165, 1.54) is 16.8 Å². The predicted molar refractivity (Wildman–Crippen MR) is 101 cm³/mol. The fraction of sp³-hybridized carbons (Fsp3) is 0.176. The average Bonchev–Trinajstić information content (AvgIpc) is 3.12. The molecule has 2 aromatic carbocycles. The molecule has 0 aliphatic carbocycles. The second kappa shape index (κ2) is 8.70. The molecule has 7 nitrogen and oxygen atoms in total. The Hall–Kier alpha value is -2.79. The minimum Gasteiger partial charge on any atom is -0.406 e. The van der Waals surface area contributed by atoms with Crippen molar-refractivity contribution in [3.63, 3.8) is 0 Å². The number of aromatic nitrogens is 4. The van der Waals surface area contributed by atoms with Gasteiger partial charge in [0, 0.05) is 10.7 Å². The Kier molecular flexibility index (Phi) is 6.28. The van der Waals surface area contributed by atoms with Gasteiger partial charge in [0.25, 0.3) is 0 Å². The highest BCUT2D eigenvalue weighted by atomic mass is 35.5. The first-order valence-corrected chi connectivity index (χ1v) is 9.41. The number of carbonyl (C=O) groups is 1. The van der Waals surface area contributed by atoms with Crippen LogP contribution in [0, 0.1) is 6.92 Å². The van der Waals surface area contributed by atoms with Crippen LogP contribution in [0.25, 0.3) is 5.69 Å². The lowest BCUT2D eigenvalue weighted by molar-refractivity contribution is -0.274. The minimum absolute atomic E-state index is 0.0155. The van der Waals surface area contributed by atoms with Crippen LogP contribution < -0.4 is 10.1 Å². The van der Waals surface area contributed by atoms with E-state index in [1.807, 2.05) is 0 Å². The van der Waals surface area contributed by atoms with Gasteiger partial charge in [-0.1, -0.05) is 29.4 Å². The lowest BCUT2D eigenvalue weighted by Gasteiger charge is -2.10. The first-order chi connectivity index (χ1) is 13.7. The third-order valence-corrected chi connectivity index (χ3v) is 4.96. The van der Waals surface area contributed by atoms with Crippen LogP contribution in [0.15, 0.2) is 47.6 Å². The summed E-state index contributed by atoms with van der Waals surface area (Å²) in [5, 5.41) is 14.8. The molecule has 3 rings (SSSR count). The minimum atomic E-state index is -4.77. The summed E-state index contributed by atoms with van der Waals surface area (Å²) in [4.78, 5) is 12.2. The first-order valence-electron chi connectivity index (χ1n) is 8.05. The maximum atomic E-state index is 12.3. The molecule has 0 radical (unpaired) electrons. The van der Waals surface area contributed by atoms with Crippen molar-refractivity contribution in [2.75, 3.05) is 11.1 Å². The maximum Gasteiger partial charge on any atom is 0.573 e. The first kappa shape index (κ1) is 20.9. The van der Waals surface area contributed by atoms with Gasteiger partial charge in [0.15, 0.2) is 0 Å². The summed E-state index contributed by atoms with van der Waals surface area (Å²) in [6.07, 6.45) is -4.77. The number of nitrogens with zero attached hydrogens (tertiary/aromatic N) is 4. The quantitative estimate of drug-likeness (QED) is 0.573. The van der Waals surface area contributed by atoms with Crippen molar-refractivity contribution in [3.8, 4) is 11.4 Å². The molecule has 1 heterocycles. The van der Waals surface area contributed by atoms with Crippen LogP contribution in [0.4, 0.5) is 18.9 Å². The van der Waals surface area contributed by atoms with E-state index in [-0.39, 0.29) is 17.4 Å². The third-order valence-electron chi connectivity index (χ3n) is 3.63. The van der Waals surface area contributed by atoms with Crippen molar-refractivity contribution in [1.82, 2.24) is 20.2 Å². The van der Waals surface area contributed by atoms with Gasteiger partial charge in [-0.2, -0.15) is 4.68 Å². The van der Waals surface area contributed by atoms with Gasteiger partial charge in [-0.15, -0.1) is 18.3 Å². The number of ether oxygens (including phenoxy) is 1. The van der Waals surface area contributed by atoms with Crippen molar-refractivity contribution in [3.05, 3.63) is 53.1 Å². The number of tetrazole rings is 1. The highest BCUT2D eigenvalue weighted by molar-refractivity contribution is 7.99. The van der Waals surface area contributed by atoms with Gasteiger partial charge in [0.05, 0.1) is 11.4 Å². The number of nitrogens with one attached hydrogen (secondary N) is 1. The predicted octanol–water partition coefficient (Wildman–Crippen LogP) is 4.25. The molecule has 0 fully saturated rings. The molecule has 0 aliphatic rings. The van der Waals surface area contributed by atoms with E-state index in [2.05, 4.69) is 25.6 Å². The third kappa shape index (κ3) is 5.61. The van der Waals surface area contributed by atoms with Crippen molar-refractivity contribution in [2.45, 2.75) is 18.4 Å². The standard InChI is InChI=1S/C17H13ClF3N5O2S/c1-10-13(18)3-2-4-14(10)22-15(27)9-29-16-23-24-25-26(16)11-5-7-12(8-6-11)28-17(19,20)21/h2-8H,9H2,1H3,(H,22,27). The summed E-state index contributed by atoms with van der Waals surface area (Å²) in [7, 11) is 0. The Morgan fingerprint density at radius 2 is 1.97 bits per heavy atom. The van der Waals surface area contributed by atoms with E-state index in [0.29, 0.717) is 21.6 Å². The molecular weight excluding hydrogens is 431 g/mol. The molecule has 0 saturated heterocycles. The van der Waals surface area contributed by atoms with E-state index in [9.17, 15) is 18.0 Å². The van der Waals surface area contributed by atoms with E-state index in [4.69, 9.17) is 11.6 Å². The maximum absolute atomic E-state index is 12.3. The zero-order valence-corrected chi connectivity index (χ0v) is 16.3. The zero-order chi connectivity index (χ0) is 21.0. The highest BCUT2D eigenvalue weighted by Gasteiger charge is 2.31. The van der Waals surface area contributed by atoms with Crippen molar-refractivity contribution in [1.29, 1.82) is 0 Å². The molecule has 1 N–H and O–H groups in total. The largest absolute Gasteiger partial charge is 0.573 e. The van der Waals surface area contributed by atoms with Crippen molar-refractivity contribution >= 4 is 35.0 Å². The van der Waals surface area contributed by atoms with E-state index >= 15 is 0 Å². The van der Waals surface area contributed by atoms with Crippen LogP contribution in [0.3, 0.4) is 0 Å². The lowest BCUT2D eigenvalue weighted by atomic mass is 10.2. The highest BCUT2D eigenvalue weighted by Crippen LogP contribution is 2.26. The Labute approximate surface area is 172 Å². The van der Waals surface area contributed by atoms with Gasteiger partial charge in [-0.3, -0.25) is 4.79 Å². The fourth-order valence-corrected chi connectivity index (χ4v) is 3.14. The summed E-state index contributed by atoms with van der Waals surface area (Å²) in [5.41, 5.74) is 1.76. The topological polar surface area (TPSA) is 81.9 Å². The molecule has 0 aliphatic heterocycles. The summed E-state index contributed by atoms with van der Waals surface area (Å²) < 4.78 is 41.9.